The lowest BCUT2D eigenvalue weighted by atomic mass is 9.62. The van der Waals surface area contributed by atoms with Crippen LogP contribution in [0.15, 0.2) is 71.5 Å². The minimum Gasteiger partial charge on any atom is -0.507 e. The molecular weight excluding hydrogens is 464 g/mol. The normalized spacial score (nSPS) is 24.4. The summed E-state index contributed by atoms with van der Waals surface area (Å²) in [4.78, 5) is 27.5. The highest BCUT2D eigenvalue weighted by Crippen LogP contribution is 2.57. The van der Waals surface area contributed by atoms with Crippen LogP contribution >= 0.6 is 0 Å². The second kappa shape index (κ2) is 8.17. The highest BCUT2D eigenvalue weighted by atomic mass is 16.4. The van der Waals surface area contributed by atoms with E-state index in [0.717, 1.165) is 35.6 Å². The van der Waals surface area contributed by atoms with E-state index in [1.165, 1.54) is 5.56 Å². The highest BCUT2D eigenvalue weighted by molar-refractivity contribution is 6.24. The summed E-state index contributed by atoms with van der Waals surface area (Å²) in [6, 6.07) is 15.9. The summed E-state index contributed by atoms with van der Waals surface area (Å²) in [5.74, 6) is -1.26. The molecule has 1 unspecified atom stereocenters. The number of carboxylic acids is 1. The van der Waals surface area contributed by atoms with Crippen LogP contribution in [0.2, 0.25) is 0 Å². The molecule has 1 aliphatic carbocycles. The van der Waals surface area contributed by atoms with Crippen LogP contribution in [0.3, 0.4) is 0 Å². The lowest BCUT2D eigenvalue weighted by Crippen LogP contribution is -2.60. The maximum Gasteiger partial charge on any atom is 0.323 e. The molecule has 2 heterocycles. The molecule has 0 fully saturated rings. The Morgan fingerprint density at radius 1 is 1.00 bits per heavy atom. The highest BCUT2D eigenvalue weighted by Gasteiger charge is 2.62. The number of carbonyl (C=O) groups excluding carboxylic acids is 1. The van der Waals surface area contributed by atoms with Gasteiger partial charge in [0, 0.05) is 35.2 Å². The molecule has 0 radical (unpaired) electrons. The van der Waals surface area contributed by atoms with E-state index in [1.807, 2.05) is 63.2 Å². The molecule has 0 bridgehead atoms. The van der Waals surface area contributed by atoms with Crippen LogP contribution in [-0.2, 0) is 20.4 Å². The first-order valence-corrected chi connectivity index (χ1v) is 12.9. The molecule has 0 amide bonds. The van der Waals surface area contributed by atoms with Crippen molar-refractivity contribution in [2.24, 2.45) is 0 Å². The van der Waals surface area contributed by atoms with Gasteiger partial charge in [-0.25, -0.2) is 0 Å². The fraction of sp³-hybridized carbons (Fsp3) is 0.387. The van der Waals surface area contributed by atoms with E-state index >= 15 is 0 Å². The number of nitrogens with zero attached hydrogens (tertiary/aromatic N) is 2. The molecule has 37 heavy (non-hydrogen) atoms. The number of carbonyl (C=O) groups is 2. The maximum absolute atomic E-state index is 13.9. The minimum atomic E-state index is -1.03. The Bertz CT molecular complexity index is 1440. The SMILES string of the molecule is CCC[N+]1=C(C=C2C(=O)C(C3(C)N(CC(=O)O)c4ccccc4C3(C)C)=C2O)C(C)(C)c2ccccc21. The van der Waals surface area contributed by atoms with Gasteiger partial charge in [-0.2, -0.15) is 4.58 Å². The second-order valence-electron chi connectivity index (χ2n) is 11.5. The number of carboxylic acid groups (broad SMARTS) is 1. The predicted octanol–water partition coefficient (Wildman–Crippen LogP) is 5.44. The third-order valence-corrected chi connectivity index (χ3v) is 8.90. The van der Waals surface area contributed by atoms with Crippen LogP contribution in [0.1, 0.15) is 59.1 Å². The number of aliphatic hydroxyl groups is 1. The minimum absolute atomic E-state index is 0.0422. The van der Waals surface area contributed by atoms with Gasteiger partial charge in [-0.3, -0.25) is 9.59 Å². The Kier molecular flexibility index (Phi) is 5.52. The number of Topliss-reactive ketones (excluding diaryl/α,β-unsaturated/α-hetero) is 1. The lowest BCUT2D eigenvalue weighted by Gasteiger charge is -2.48. The first kappa shape index (κ1) is 25.0. The Balaban J connectivity index is 1.66. The van der Waals surface area contributed by atoms with Gasteiger partial charge in [-0.15, -0.1) is 0 Å². The van der Waals surface area contributed by atoms with Gasteiger partial charge >= 0.3 is 5.97 Å². The molecule has 5 rings (SSSR count). The van der Waals surface area contributed by atoms with Crippen LogP contribution in [0.5, 0.6) is 0 Å². The van der Waals surface area contributed by atoms with Gasteiger partial charge in [0.05, 0.1) is 22.1 Å². The zero-order valence-electron chi connectivity index (χ0n) is 22.4. The molecule has 6 nitrogen and oxygen atoms in total. The van der Waals surface area contributed by atoms with Crippen molar-refractivity contribution in [3.8, 4) is 0 Å². The third kappa shape index (κ3) is 3.20. The first-order valence-electron chi connectivity index (χ1n) is 12.9. The van der Waals surface area contributed by atoms with Crippen molar-refractivity contribution in [3.05, 3.63) is 82.6 Å². The fourth-order valence-corrected chi connectivity index (χ4v) is 6.61. The van der Waals surface area contributed by atoms with Gasteiger partial charge in [0.2, 0.25) is 5.69 Å². The molecule has 192 valence electrons. The zero-order valence-corrected chi connectivity index (χ0v) is 22.4. The number of aliphatic carboxylic acids is 1. The van der Waals surface area contributed by atoms with Crippen molar-refractivity contribution in [1.29, 1.82) is 0 Å². The zero-order chi connectivity index (χ0) is 26.9. The molecule has 1 atom stereocenters. The van der Waals surface area contributed by atoms with Crippen molar-refractivity contribution in [2.75, 3.05) is 18.0 Å². The first-order chi connectivity index (χ1) is 17.4. The van der Waals surface area contributed by atoms with E-state index < -0.39 is 16.9 Å². The number of para-hydroxylation sites is 2. The fourth-order valence-electron chi connectivity index (χ4n) is 6.61. The third-order valence-electron chi connectivity index (χ3n) is 8.90. The van der Waals surface area contributed by atoms with Gasteiger partial charge < -0.3 is 15.1 Å². The van der Waals surface area contributed by atoms with Crippen LogP contribution < -0.4 is 4.90 Å². The Hall–Kier alpha value is -3.67. The number of ketones is 1. The molecule has 6 heteroatoms. The Labute approximate surface area is 218 Å². The smallest absolute Gasteiger partial charge is 0.323 e. The molecule has 2 aromatic rings. The average Bonchev–Trinajstić information content (AvgIpc) is 3.16. The van der Waals surface area contributed by atoms with Crippen LogP contribution in [0.25, 0.3) is 0 Å². The molecule has 0 saturated carbocycles. The van der Waals surface area contributed by atoms with E-state index in [1.54, 1.807) is 4.90 Å². The summed E-state index contributed by atoms with van der Waals surface area (Å²) >= 11 is 0. The van der Waals surface area contributed by atoms with E-state index in [-0.39, 0.29) is 34.6 Å². The largest absolute Gasteiger partial charge is 0.507 e. The van der Waals surface area contributed by atoms with Crippen LogP contribution in [0.4, 0.5) is 11.4 Å². The standard InChI is InChI=1S/C31H34N2O4/c1-7-16-32-22-14-10-8-12-20(22)29(2,3)24(32)17-19-27(36)26(28(19)37)31(6)30(4,5)21-13-9-11-15-23(21)33(31)18-25(34)35/h8-15,17H,7,16,18H2,1-6H3,(H-,34,35,36,37)/p+1. The Morgan fingerprint density at radius 2 is 1.62 bits per heavy atom. The van der Waals surface area contributed by atoms with Gasteiger partial charge in [0.1, 0.15) is 18.8 Å². The summed E-state index contributed by atoms with van der Waals surface area (Å²) in [5, 5.41) is 21.2. The summed E-state index contributed by atoms with van der Waals surface area (Å²) in [5.41, 5.74) is 3.61. The van der Waals surface area contributed by atoms with Gasteiger partial charge in [0.25, 0.3) is 0 Å². The number of allylic oxidation sites excluding steroid dienone is 2. The summed E-state index contributed by atoms with van der Waals surface area (Å²) < 4.78 is 2.24. The van der Waals surface area contributed by atoms with Crippen molar-refractivity contribution in [1.82, 2.24) is 0 Å². The predicted molar refractivity (Wildman–Crippen MR) is 145 cm³/mol. The van der Waals surface area contributed by atoms with Gasteiger partial charge in [0.15, 0.2) is 11.5 Å². The van der Waals surface area contributed by atoms with Crippen molar-refractivity contribution < 1.29 is 24.4 Å². The molecule has 2 aromatic carbocycles. The quantitative estimate of drug-likeness (QED) is 0.409. The molecule has 2 aliphatic heterocycles. The van der Waals surface area contributed by atoms with E-state index in [2.05, 4.69) is 37.5 Å². The number of anilines is 1. The molecule has 0 aromatic heterocycles. The summed E-state index contributed by atoms with van der Waals surface area (Å²) in [6.07, 6.45) is 2.78. The van der Waals surface area contributed by atoms with Crippen LogP contribution in [-0.4, -0.2) is 50.9 Å². The number of hydrogen-bond donors (Lipinski definition) is 2. The molecule has 3 aliphatic rings. The van der Waals surface area contributed by atoms with Crippen molar-refractivity contribution >= 4 is 28.8 Å². The van der Waals surface area contributed by atoms with E-state index in [0.29, 0.717) is 0 Å². The average molecular weight is 500 g/mol. The maximum atomic E-state index is 13.9. The molecule has 0 spiro atoms. The summed E-state index contributed by atoms with van der Waals surface area (Å²) in [6.45, 7) is 12.8. The van der Waals surface area contributed by atoms with Crippen molar-refractivity contribution in [3.63, 3.8) is 0 Å². The number of hydrogen-bond acceptors (Lipinski definition) is 4. The van der Waals surface area contributed by atoms with E-state index in [4.69, 9.17) is 0 Å². The molecular formula is C31H35N2O4+. The number of rotatable bonds is 6. The van der Waals surface area contributed by atoms with Gasteiger partial charge in [-0.05, 0) is 32.4 Å². The Morgan fingerprint density at radius 3 is 2.24 bits per heavy atom. The number of benzene rings is 2. The number of aliphatic hydroxyl groups excluding tert-OH is 1. The summed E-state index contributed by atoms with van der Waals surface area (Å²) in [7, 11) is 0. The van der Waals surface area contributed by atoms with Gasteiger partial charge in [-0.1, -0.05) is 57.2 Å². The topological polar surface area (TPSA) is 80.9 Å². The molecule has 2 N–H and O–H groups in total. The van der Waals surface area contributed by atoms with Crippen molar-refractivity contribution in [2.45, 2.75) is 64.3 Å². The van der Waals surface area contributed by atoms with Crippen LogP contribution in [0, 0.1) is 0 Å². The molecule has 0 saturated heterocycles. The number of fused-ring (bicyclic) bond motifs is 2. The second-order valence-corrected chi connectivity index (χ2v) is 11.5. The van der Waals surface area contributed by atoms with E-state index in [9.17, 15) is 19.8 Å². The lowest BCUT2D eigenvalue weighted by molar-refractivity contribution is -0.437. The monoisotopic (exact) mass is 499 g/mol.